The summed E-state index contributed by atoms with van der Waals surface area (Å²) in [7, 11) is 0. The van der Waals surface area contributed by atoms with Crippen molar-refractivity contribution in [3.63, 3.8) is 0 Å². The molecule has 0 spiro atoms. The molecule has 0 unspecified atom stereocenters. The SMILES string of the molecule is Cc1cnc(CN(Cc2cccs2)C(C)C)c(C)c1N. The van der Waals surface area contributed by atoms with Crippen LogP contribution >= 0.6 is 11.3 Å². The van der Waals surface area contributed by atoms with Crippen molar-refractivity contribution < 1.29 is 0 Å². The summed E-state index contributed by atoms with van der Waals surface area (Å²) in [6.45, 7) is 10.3. The molecule has 0 amide bonds. The molecule has 2 aromatic rings. The average Bonchev–Trinajstić information content (AvgIpc) is 2.91. The van der Waals surface area contributed by atoms with E-state index in [1.165, 1.54) is 4.88 Å². The van der Waals surface area contributed by atoms with Crippen LogP contribution in [-0.2, 0) is 13.1 Å². The summed E-state index contributed by atoms with van der Waals surface area (Å²) >= 11 is 1.80. The van der Waals surface area contributed by atoms with E-state index >= 15 is 0 Å². The van der Waals surface area contributed by atoms with Gasteiger partial charge in [-0.25, -0.2) is 0 Å². The maximum absolute atomic E-state index is 6.11. The molecule has 3 nitrogen and oxygen atoms in total. The number of aromatic nitrogens is 1. The first kappa shape index (κ1) is 15.0. The highest BCUT2D eigenvalue weighted by molar-refractivity contribution is 7.09. The lowest BCUT2D eigenvalue weighted by Gasteiger charge is -2.26. The number of hydrogen-bond acceptors (Lipinski definition) is 4. The Hall–Kier alpha value is -1.39. The lowest BCUT2D eigenvalue weighted by Crippen LogP contribution is -2.30. The van der Waals surface area contributed by atoms with Gasteiger partial charge in [-0.15, -0.1) is 11.3 Å². The van der Waals surface area contributed by atoms with Crippen LogP contribution in [0.15, 0.2) is 23.7 Å². The predicted octanol–water partition coefficient (Wildman–Crippen LogP) is 3.75. The highest BCUT2D eigenvalue weighted by Crippen LogP contribution is 2.21. The summed E-state index contributed by atoms with van der Waals surface area (Å²) in [6, 6.07) is 4.76. The molecule has 0 radical (unpaired) electrons. The van der Waals surface area contributed by atoms with Gasteiger partial charge in [0, 0.05) is 35.9 Å². The van der Waals surface area contributed by atoms with E-state index in [1.54, 1.807) is 11.3 Å². The van der Waals surface area contributed by atoms with E-state index in [4.69, 9.17) is 5.73 Å². The van der Waals surface area contributed by atoms with Gasteiger partial charge < -0.3 is 5.73 Å². The van der Waals surface area contributed by atoms with Gasteiger partial charge in [0.25, 0.3) is 0 Å². The Bertz CT molecular complexity index is 561. The van der Waals surface area contributed by atoms with Gasteiger partial charge >= 0.3 is 0 Å². The zero-order valence-corrected chi connectivity index (χ0v) is 13.5. The minimum absolute atomic E-state index is 0.473. The standard InChI is InChI=1S/C16H23N3S/c1-11(2)19(9-14-6-5-7-20-14)10-15-13(4)16(17)12(3)8-18-15/h5-8,11H,9-10H2,1-4H3,(H2,17,18). The molecule has 2 aromatic heterocycles. The Kier molecular flexibility index (Phi) is 4.78. The third-order valence-electron chi connectivity index (χ3n) is 3.70. The van der Waals surface area contributed by atoms with Crippen LogP contribution in [-0.4, -0.2) is 15.9 Å². The molecule has 2 N–H and O–H groups in total. The van der Waals surface area contributed by atoms with Crippen LogP contribution in [0.3, 0.4) is 0 Å². The maximum Gasteiger partial charge on any atom is 0.0594 e. The average molecular weight is 289 g/mol. The largest absolute Gasteiger partial charge is 0.398 e. The van der Waals surface area contributed by atoms with Crippen molar-refractivity contribution in [3.05, 3.63) is 45.4 Å². The number of aryl methyl sites for hydroxylation is 1. The lowest BCUT2D eigenvalue weighted by molar-refractivity contribution is 0.202. The fraction of sp³-hybridized carbons (Fsp3) is 0.438. The van der Waals surface area contributed by atoms with Crippen molar-refractivity contribution in [1.82, 2.24) is 9.88 Å². The zero-order valence-electron chi connectivity index (χ0n) is 12.7. The summed E-state index contributed by atoms with van der Waals surface area (Å²) < 4.78 is 0. The van der Waals surface area contributed by atoms with E-state index in [0.29, 0.717) is 6.04 Å². The van der Waals surface area contributed by atoms with Crippen LogP contribution in [0.5, 0.6) is 0 Å². The van der Waals surface area contributed by atoms with Crippen molar-refractivity contribution in [1.29, 1.82) is 0 Å². The molecule has 4 heteroatoms. The first-order valence-corrected chi connectivity index (χ1v) is 7.84. The van der Waals surface area contributed by atoms with Crippen molar-refractivity contribution in [3.8, 4) is 0 Å². The molecule has 0 saturated carbocycles. The molecule has 0 aliphatic carbocycles. The second-order valence-corrected chi connectivity index (χ2v) is 6.54. The van der Waals surface area contributed by atoms with Crippen LogP contribution in [0.4, 0.5) is 5.69 Å². The van der Waals surface area contributed by atoms with E-state index in [0.717, 1.165) is 35.6 Å². The van der Waals surface area contributed by atoms with E-state index < -0.39 is 0 Å². The monoisotopic (exact) mass is 289 g/mol. The van der Waals surface area contributed by atoms with Gasteiger partial charge in [0.15, 0.2) is 0 Å². The third-order valence-corrected chi connectivity index (χ3v) is 4.56. The summed E-state index contributed by atoms with van der Waals surface area (Å²) in [5.41, 5.74) is 10.2. The predicted molar refractivity (Wildman–Crippen MR) is 86.8 cm³/mol. The van der Waals surface area contributed by atoms with Gasteiger partial charge in [0.2, 0.25) is 0 Å². The Morgan fingerprint density at radius 2 is 2.05 bits per heavy atom. The highest BCUT2D eigenvalue weighted by atomic mass is 32.1. The van der Waals surface area contributed by atoms with Crippen LogP contribution in [0.25, 0.3) is 0 Å². The fourth-order valence-electron chi connectivity index (χ4n) is 2.17. The Morgan fingerprint density at radius 1 is 1.30 bits per heavy atom. The van der Waals surface area contributed by atoms with Gasteiger partial charge in [-0.05, 0) is 50.3 Å². The van der Waals surface area contributed by atoms with Gasteiger partial charge in [-0.2, -0.15) is 0 Å². The smallest absolute Gasteiger partial charge is 0.0594 e. The van der Waals surface area contributed by atoms with Crippen LogP contribution in [0, 0.1) is 13.8 Å². The lowest BCUT2D eigenvalue weighted by atomic mass is 10.1. The molecule has 2 rings (SSSR count). The van der Waals surface area contributed by atoms with E-state index in [2.05, 4.69) is 48.2 Å². The van der Waals surface area contributed by atoms with Crippen LogP contribution < -0.4 is 5.73 Å². The van der Waals surface area contributed by atoms with E-state index in [1.807, 2.05) is 13.1 Å². The summed E-state index contributed by atoms with van der Waals surface area (Å²) in [6.07, 6.45) is 1.88. The highest BCUT2D eigenvalue weighted by Gasteiger charge is 2.15. The number of thiophene rings is 1. The number of rotatable bonds is 5. The number of pyridine rings is 1. The number of nitrogen functional groups attached to an aromatic ring is 1. The maximum atomic E-state index is 6.11. The van der Waals surface area contributed by atoms with Crippen LogP contribution in [0.1, 0.15) is 35.5 Å². The minimum atomic E-state index is 0.473. The third kappa shape index (κ3) is 3.38. The first-order valence-electron chi connectivity index (χ1n) is 6.96. The topological polar surface area (TPSA) is 42.2 Å². The molecule has 0 atom stereocenters. The Balaban J connectivity index is 2.18. The van der Waals surface area contributed by atoms with Crippen LogP contribution in [0.2, 0.25) is 0 Å². The van der Waals surface area contributed by atoms with Gasteiger partial charge in [-0.1, -0.05) is 6.07 Å². The number of hydrogen-bond donors (Lipinski definition) is 1. The van der Waals surface area contributed by atoms with Crippen molar-refractivity contribution in [2.45, 2.75) is 46.8 Å². The summed E-state index contributed by atoms with van der Waals surface area (Å²) in [5.74, 6) is 0. The molecule has 0 aliphatic heterocycles. The number of anilines is 1. The molecule has 20 heavy (non-hydrogen) atoms. The van der Waals surface area contributed by atoms with Gasteiger partial charge in [0.1, 0.15) is 0 Å². The molecule has 0 aromatic carbocycles. The molecule has 0 saturated heterocycles. The van der Waals surface area contributed by atoms with Crippen molar-refractivity contribution in [2.24, 2.45) is 0 Å². The summed E-state index contributed by atoms with van der Waals surface area (Å²) in [4.78, 5) is 8.38. The molecule has 0 bridgehead atoms. The summed E-state index contributed by atoms with van der Waals surface area (Å²) in [5, 5.41) is 2.13. The zero-order chi connectivity index (χ0) is 14.7. The fourth-order valence-corrected chi connectivity index (χ4v) is 2.90. The molecular formula is C16H23N3S. The molecule has 108 valence electrons. The van der Waals surface area contributed by atoms with Crippen molar-refractivity contribution in [2.75, 3.05) is 5.73 Å². The molecule has 0 aliphatic rings. The van der Waals surface area contributed by atoms with Gasteiger partial charge in [0.05, 0.1) is 5.69 Å². The second kappa shape index (κ2) is 6.37. The van der Waals surface area contributed by atoms with Gasteiger partial charge in [-0.3, -0.25) is 9.88 Å². The Morgan fingerprint density at radius 3 is 2.65 bits per heavy atom. The minimum Gasteiger partial charge on any atom is -0.398 e. The molecule has 0 fully saturated rings. The quantitative estimate of drug-likeness (QED) is 0.911. The normalized spacial score (nSPS) is 11.5. The second-order valence-electron chi connectivity index (χ2n) is 5.50. The number of nitrogens with two attached hydrogens (primary N) is 1. The Labute approximate surface area is 125 Å². The van der Waals surface area contributed by atoms with E-state index in [9.17, 15) is 0 Å². The molecular weight excluding hydrogens is 266 g/mol. The first-order chi connectivity index (χ1) is 9.49. The molecule has 2 heterocycles. The van der Waals surface area contributed by atoms with Crippen molar-refractivity contribution >= 4 is 17.0 Å². The number of nitrogens with zero attached hydrogens (tertiary/aromatic N) is 2. The van der Waals surface area contributed by atoms with E-state index in [-0.39, 0.29) is 0 Å².